The van der Waals surface area contributed by atoms with Gasteiger partial charge in [-0.05, 0) is 18.2 Å². The molecule has 0 aliphatic rings. The van der Waals surface area contributed by atoms with Gasteiger partial charge in [-0.2, -0.15) is 5.26 Å². The third kappa shape index (κ3) is 2.17. The Morgan fingerprint density at radius 3 is 2.81 bits per heavy atom. The second-order valence-corrected chi connectivity index (χ2v) is 4.24. The van der Waals surface area contributed by atoms with Crippen LogP contribution in [0.15, 0.2) is 36.5 Å². The molecule has 1 aromatic carbocycles. The molecule has 0 atom stereocenters. The van der Waals surface area contributed by atoms with Crippen LogP contribution < -0.4 is 0 Å². The maximum absolute atomic E-state index is 13.5. The van der Waals surface area contributed by atoms with Gasteiger partial charge in [-0.25, -0.2) is 4.39 Å². The van der Waals surface area contributed by atoms with Gasteiger partial charge in [0.15, 0.2) is 11.5 Å². The lowest BCUT2D eigenvalue weighted by molar-refractivity contribution is -0.385. The van der Waals surface area contributed by atoms with E-state index in [1.54, 1.807) is 12.1 Å². The van der Waals surface area contributed by atoms with E-state index >= 15 is 0 Å². The van der Waals surface area contributed by atoms with E-state index in [1.165, 1.54) is 16.7 Å². The van der Waals surface area contributed by atoms with E-state index in [9.17, 15) is 14.5 Å². The van der Waals surface area contributed by atoms with Gasteiger partial charge in [0, 0.05) is 17.8 Å². The standard InChI is InChI=1S/C13H6FN5O2/c14-10-3-9(4-11(5-10)19(20)21)13-17-16-12-2-1-8(6-15)7-18(12)13/h1-5,7H. The summed E-state index contributed by atoms with van der Waals surface area (Å²) in [4.78, 5) is 10.1. The SMILES string of the molecule is N#Cc1ccc2nnc(-c3cc(F)cc([N+](=O)[O-])c3)n2c1. The van der Waals surface area contributed by atoms with Crippen LogP contribution in [0.25, 0.3) is 17.0 Å². The second-order valence-electron chi connectivity index (χ2n) is 4.24. The zero-order chi connectivity index (χ0) is 15.0. The molecule has 2 aromatic heterocycles. The Morgan fingerprint density at radius 1 is 1.29 bits per heavy atom. The van der Waals surface area contributed by atoms with Gasteiger partial charge in [0.05, 0.1) is 16.6 Å². The monoisotopic (exact) mass is 283 g/mol. The predicted molar refractivity (Wildman–Crippen MR) is 69.8 cm³/mol. The van der Waals surface area contributed by atoms with Gasteiger partial charge >= 0.3 is 0 Å². The van der Waals surface area contributed by atoms with Crippen LogP contribution in [0.5, 0.6) is 0 Å². The van der Waals surface area contributed by atoms with Crippen molar-refractivity contribution in [1.29, 1.82) is 5.26 Å². The smallest absolute Gasteiger partial charge is 0.273 e. The first-order valence-corrected chi connectivity index (χ1v) is 5.79. The van der Waals surface area contributed by atoms with Crippen LogP contribution in [-0.4, -0.2) is 19.5 Å². The number of nitro groups is 1. The summed E-state index contributed by atoms with van der Waals surface area (Å²) < 4.78 is 15.0. The summed E-state index contributed by atoms with van der Waals surface area (Å²) in [6.07, 6.45) is 1.49. The van der Waals surface area contributed by atoms with Crippen molar-refractivity contribution in [2.24, 2.45) is 0 Å². The van der Waals surface area contributed by atoms with Gasteiger partial charge < -0.3 is 0 Å². The Kier molecular flexibility index (Phi) is 2.80. The van der Waals surface area contributed by atoms with E-state index in [-0.39, 0.29) is 17.1 Å². The molecule has 0 aliphatic heterocycles. The van der Waals surface area contributed by atoms with E-state index in [0.29, 0.717) is 11.2 Å². The van der Waals surface area contributed by atoms with E-state index in [4.69, 9.17) is 5.26 Å². The zero-order valence-electron chi connectivity index (χ0n) is 10.4. The first kappa shape index (κ1) is 12.7. The molecule has 2 heterocycles. The van der Waals surface area contributed by atoms with Crippen LogP contribution in [0.4, 0.5) is 10.1 Å². The van der Waals surface area contributed by atoms with Gasteiger partial charge in [-0.15, -0.1) is 10.2 Å². The number of hydrogen-bond donors (Lipinski definition) is 0. The Hall–Kier alpha value is -3.34. The maximum Gasteiger partial charge on any atom is 0.273 e. The Balaban J connectivity index is 2.25. The Bertz CT molecular complexity index is 913. The minimum atomic E-state index is -0.743. The molecule has 3 rings (SSSR count). The largest absolute Gasteiger partial charge is 0.281 e. The lowest BCUT2D eigenvalue weighted by Gasteiger charge is -2.01. The van der Waals surface area contributed by atoms with Gasteiger partial charge in [0.2, 0.25) is 0 Å². The van der Waals surface area contributed by atoms with Crippen LogP contribution in [0.3, 0.4) is 0 Å². The maximum atomic E-state index is 13.5. The number of pyridine rings is 1. The van der Waals surface area contributed by atoms with Crippen molar-refractivity contribution < 1.29 is 9.31 Å². The Morgan fingerprint density at radius 2 is 2.10 bits per heavy atom. The van der Waals surface area contributed by atoms with Crippen LogP contribution in [0, 0.1) is 27.3 Å². The summed E-state index contributed by atoms with van der Waals surface area (Å²) in [5.74, 6) is -0.517. The molecule has 7 nitrogen and oxygen atoms in total. The van der Waals surface area contributed by atoms with Gasteiger partial charge in [0.25, 0.3) is 5.69 Å². The van der Waals surface area contributed by atoms with Crippen molar-refractivity contribution in [3.05, 3.63) is 58.0 Å². The molecule has 0 radical (unpaired) electrons. The highest BCUT2D eigenvalue weighted by molar-refractivity contribution is 5.63. The first-order chi connectivity index (χ1) is 10.1. The number of rotatable bonds is 2. The number of nitro benzene ring substituents is 1. The van der Waals surface area contributed by atoms with E-state index < -0.39 is 10.7 Å². The number of non-ortho nitro benzene ring substituents is 1. The molecule has 0 aliphatic carbocycles. The average Bonchev–Trinajstić information content (AvgIpc) is 2.89. The molecule has 0 unspecified atom stereocenters. The topological polar surface area (TPSA) is 97.1 Å². The van der Waals surface area contributed by atoms with E-state index in [1.807, 2.05) is 6.07 Å². The zero-order valence-corrected chi connectivity index (χ0v) is 10.4. The molecular weight excluding hydrogens is 277 g/mol. The molecule has 0 amide bonds. The fourth-order valence-electron chi connectivity index (χ4n) is 1.96. The normalized spacial score (nSPS) is 10.5. The highest BCUT2D eigenvalue weighted by atomic mass is 19.1. The average molecular weight is 283 g/mol. The van der Waals surface area contributed by atoms with Crippen LogP contribution in [0.2, 0.25) is 0 Å². The molecule has 3 aromatic rings. The van der Waals surface area contributed by atoms with Crippen molar-refractivity contribution in [2.75, 3.05) is 0 Å². The molecule has 0 N–H and O–H groups in total. The summed E-state index contributed by atoms with van der Waals surface area (Å²) in [5.41, 5.74) is 0.660. The third-order valence-corrected chi connectivity index (χ3v) is 2.88. The van der Waals surface area contributed by atoms with Crippen molar-refractivity contribution in [1.82, 2.24) is 14.6 Å². The van der Waals surface area contributed by atoms with Crippen molar-refractivity contribution in [2.45, 2.75) is 0 Å². The number of aromatic nitrogens is 3. The number of nitriles is 1. The van der Waals surface area contributed by atoms with Gasteiger partial charge in [-0.1, -0.05) is 0 Å². The molecular formula is C13H6FN5O2. The highest BCUT2D eigenvalue weighted by Gasteiger charge is 2.15. The molecule has 0 saturated carbocycles. The van der Waals surface area contributed by atoms with Gasteiger partial charge in [0.1, 0.15) is 11.9 Å². The Labute approximate surface area is 117 Å². The van der Waals surface area contributed by atoms with Crippen molar-refractivity contribution in [3.63, 3.8) is 0 Å². The first-order valence-electron chi connectivity index (χ1n) is 5.79. The van der Waals surface area contributed by atoms with Crippen LogP contribution in [0.1, 0.15) is 5.56 Å². The fourth-order valence-corrected chi connectivity index (χ4v) is 1.96. The minimum absolute atomic E-state index is 0.212. The lowest BCUT2D eigenvalue weighted by atomic mass is 10.2. The predicted octanol–water partition coefficient (Wildman–Crippen LogP) is 2.32. The molecule has 0 spiro atoms. The number of fused-ring (bicyclic) bond motifs is 1. The lowest BCUT2D eigenvalue weighted by Crippen LogP contribution is -1.94. The number of benzene rings is 1. The van der Waals surface area contributed by atoms with Crippen LogP contribution in [-0.2, 0) is 0 Å². The summed E-state index contributed by atoms with van der Waals surface area (Å²) in [6.45, 7) is 0. The number of nitrogens with zero attached hydrogens (tertiary/aromatic N) is 5. The second kappa shape index (κ2) is 4.64. The summed E-state index contributed by atoms with van der Waals surface area (Å²) in [7, 11) is 0. The molecule has 8 heteroatoms. The third-order valence-electron chi connectivity index (χ3n) is 2.88. The quantitative estimate of drug-likeness (QED) is 0.531. The molecule has 0 fully saturated rings. The van der Waals surface area contributed by atoms with Crippen LogP contribution >= 0.6 is 0 Å². The van der Waals surface area contributed by atoms with E-state index in [2.05, 4.69) is 10.2 Å². The number of halogens is 1. The van der Waals surface area contributed by atoms with Crippen molar-refractivity contribution >= 4 is 11.3 Å². The highest BCUT2D eigenvalue weighted by Crippen LogP contribution is 2.25. The minimum Gasteiger partial charge on any atom is -0.281 e. The molecule has 21 heavy (non-hydrogen) atoms. The summed E-state index contributed by atoms with van der Waals surface area (Å²) in [5, 5.41) is 27.5. The molecule has 0 bridgehead atoms. The summed E-state index contributed by atoms with van der Waals surface area (Å²) in [6, 6.07) is 8.29. The fraction of sp³-hybridized carbons (Fsp3) is 0. The van der Waals surface area contributed by atoms with Gasteiger partial charge in [-0.3, -0.25) is 14.5 Å². The van der Waals surface area contributed by atoms with Crippen molar-refractivity contribution in [3.8, 4) is 17.5 Å². The summed E-state index contributed by atoms with van der Waals surface area (Å²) >= 11 is 0. The molecule has 102 valence electrons. The number of hydrogen-bond acceptors (Lipinski definition) is 5. The molecule has 0 saturated heterocycles. The van der Waals surface area contributed by atoms with E-state index in [0.717, 1.165) is 12.1 Å².